The smallest absolute Gasteiger partial charge is 0.260 e. The van der Waals surface area contributed by atoms with Gasteiger partial charge in [-0.3, -0.25) is 4.79 Å². The van der Waals surface area contributed by atoms with Crippen LogP contribution < -0.4 is 10.6 Å². The van der Waals surface area contributed by atoms with Gasteiger partial charge in [-0.25, -0.2) is 0 Å². The van der Waals surface area contributed by atoms with Crippen LogP contribution in [-0.2, 0) is 11.2 Å². The molecule has 0 aromatic heterocycles. The molecule has 86 valence electrons. The molecule has 1 saturated heterocycles. The van der Waals surface area contributed by atoms with Gasteiger partial charge in [0.05, 0.1) is 5.82 Å². The first-order valence-electron chi connectivity index (χ1n) is 5.56. The summed E-state index contributed by atoms with van der Waals surface area (Å²) >= 11 is 0. The average molecular weight is 226 g/mol. The summed E-state index contributed by atoms with van der Waals surface area (Å²) in [6, 6.07) is 7.52. The van der Waals surface area contributed by atoms with E-state index < -0.39 is 6.04 Å². The van der Waals surface area contributed by atoms with Crippen molar-refractivity contribution in [1.82, 2.24) is 10.6 Å². The van der Waals surface area contributed by atoms with E-state index in [1.807, 2.05) is 18.2 Å². The van der Waals surface area contributed by atoms with E-state index in [4.69, 9.17) is 0 Å². The number of carbonyl (C=O) groups excluding carboxylic acids is 1. The van der Waals surface area contributed by atoms with Crippen molar-refractivity contribution in [2.24, 2.45) is 0 Å². The van der Waals surface area contributed by atoms with Gasteiger partial charge in [-0.15, -0.1) is 0 Å². The highest BCUT2D eigenvalue weighted by molar-refractivity contribution is 5.89. The Labute approximate surface area is 101 Å². The number of nitrogens with one attached hydrogen (secondary N) is 2. The topological polar surface area (TPSA) is 41.1 Å². The monoisotopic (exact) mass is 226 g/mol. The van der Waals surface area contributed by atoms with Gasteiger partial charge in [-0.05, 0) is 24.1 Å². The van der Waals surface area contributed by atoms with Crippen LogP contribution in [0.3, 0.4) is 0 Å². The normalized spacial score (nSPS) is 18.1. The molecule has 0 radical (unpaired) electrons. The molecule has 3 heteroatoms. The molecule has 0 bridgehead atoms. The van der Waals surface area contributed by atoms with E-state index in [-0.39, 0.29) is 5.91 Å². The van der Waals surface area contributed by atoms with E-state index in [2.05, 4.69) is 42.0 Å². The minimum absolute atomic E-state index is 0.144. The van der Waals surface area contributed by atoms with Gasteiger partial charge in [0, 0.05) is 5.56 Å². The van der Waals surface area contributed by atoms with Crippen LogP contribution >= 0.6 is 0 Å². The predicted molar refractivity (Wildman–Crippen MR) is 66.9 cm³/mol. The Kier molecular flexibility index (Phi) is 3.15. The van der Waals surface area contributed by atoms with Crippen molar-refractivity contribution in [2.45, 2.75) is 19.4 Å². The summed E-state index contributed by atoms with van der Waals surface area (Å²) in [6.07, 6.45) is 0.981. The number of benzene rings is 1. The molecule has 3 nitrogen and oxygen atoms in total. The van der Waals surface area contributed by atoms with Crippen molar-refractivity contribution in [3.05, 3.63) is 47.8 Å². The van der Waals surface area contributed by atoms with Crippen LogP contribution in [0, 0.1) is 11.8 Å². The fraction of sp³-hybridized carbons (Fsp3) is 0.214. The molecule has 1 amide bonds. The van der Waals surface area contributed by atoms with Gasteiger partial charge in [0.15, 0.2) is 6.04 Å². The van der Waals surface area contributed by atoms with Crippen molar-refractivity contribution in [3.8, 4) is 11.8 Å². The molecule has 0 spiro atoms. The highest BCUT2D eigenvalue weighted by atomic mass is 16.2. The van der Waals surface area contributed by atoms with Crippen molar-refractivity contribution < 1.29 is 4.79 Å². The lowest BCUT2D eigenvalue weighted by Crippen LogP contribution is -2.26. The molecule has 17 heavy (non-hydrogen) atoms. The Morgan fingerprint density at radius 3 is 2.94 bits per heavy atom. The average Bonchev–Trinajstić information content (AvgIpc) is 2.65. The fourth-order valence-corrected chi connectivity index (χ4v) is 1.62. The minimum Gasteiger partial charge on any atom is -0.351 e. The maximum absolute atomic E-state index is 11.4. The second kappa shape index (κ2) is 4.75. The first kappa shape index (κ1) is 11.3. The van der Waals surface area contributed by atoms with Gasteiger partial charge in [-0.1, -0.05) is 37.5 Å². The van der Waals surface area contributed by atoms with Crippen LogP contribution in [0.2, 0.25) is 0 Å². The Balaban J connectivity index is 2.15. The summed E-state index contributed by atoms with van der Waals surface area (Å²) in [5, 5.41) is 5.45. The van der Waals surface area contributed by atoms with E-state index in [0.29, 0.717) is 5.82 Å². The van der Waals surface area contributed by atoms with Crippen molar-refractivity contribution in [2.75, 3.05) is 0 Å². The van der Waals surface area contributed by atoms with Crippen LogP contribution in [0.15, 0.2) is 36.7 Å². The third-order valence-corrected chi connectivity index (χ3v) is 2.55. The van der Waals surface area contributed by atoms with E-state index in [1.54, 1.807) is 0 Å². The van der Waals surface area contributed by atoms with Crippen LogP contribution in [-0.4, -0.2) is 11.9 Å². The maximum atomic E-state index is 11.4. The largest absolute Gasteiger partial charge is 0.351 e. The van der Waals surface area contributed by atoms with Crippen LogP contribution in [0.25, 0.3) is 0 Å². The van der Waals surface area contributed by atoms with E-state index in [0.717, 1.165) is 12.0 Å². The highest BCUT2D eigenvalue weighted by Crippen LogP contribution is 2.05. The van der Waals surface area contributed by atoms with E-state index in [9.17, 15) is 4.79 Å². The van der Waals surface area contributed by atoms with Crippen LogP contribution in [0.4, 0.5) is 0 Å². The van der Waals surface area contributed by atoms with Crippen molar-refractivity contribution in [3.63, 3.8) is 0 Å². The van der Waals surface area contributed by atoms with Gasteiger partial charge in [0.2, 0.25) is 0 Å². The summed E-state index contributed by atoms with van der Waals surface area (Å²) in [7, 11) is 0. The van der Waals surface area contributed by atoms with E-state index in [1.165, 1.54) is 5.56 Å². The molecular weight excluding hydrogens is 212 g/mol. The minimum atomic E-state index is -0.493. The fourth-order valence-electron chi connectivity index (χ4n) is 1.62. The quantitative estimate of drug-likeness (QED) is 0.705. The number of amides is 1. The molecule has 1 unspecified atom stereocenters. The van der Waals surface area contributed by atoms with Gasteiger partial charge >= 0.3 is 0 Å². The Morgan fingerprint density at radius 1 is 1.47 bits per heavy atom. The summed E-state index contributed by atoms with van der Waals surface area (Å²) < 4.78 is 0. The first-order chi connectivity index (χ1) is 8.19. The molecule has 0 aliphatic carbocycles. The molecule has 1 aromatic rings. The SMILES string of the molecule is C=C1NC(=O)C(C#Cc2cccc(CC)c2)N1. The van der Waals surface area contributed by atoms with Crippen molar-refractivity contribution >= 4 is 5.91 Å². The van der Waals surface area contributed by atoms with Gasteiger partial charge in [0.1, 0.15) is 0 Å². The first-order valence-corrected chi connectivity index (χ1v) is 5.56. The molecule has 2 N–H and O–H groups in total. The Morgan fingerprint density at radius 2 is 2.29 bits per heavy atom. The number of rotatable bonds is 1. The van der Waals surface area contributed by atoms with Crippen LogP contribution in [0.1, 0.15) is 18.1 Å². The lowest BCUT2D eigenvalue weighted by atomic mass is 10.1. The standard InChI is InChI=1S/C14H14N2O/c1-3-11-5-4-6-12(9-11)7-8-13-14(17)16-10(2)15-13/h4-6,9,13,15H,2-3H2,1H3,(H,16,17). The van der Waals surface area contributed by atoms with Gasteiger partial charge in [-0.2, -0.15) is 0 Å². The third-order valence-electron chi connectivity index (χ3n) is 2.55. The Hall–Kier alpha value is -2.21. The summed E-state index contributed by atoms with van der Waals surface area (Å²) in [5.74, 6) is 6.26. The number of aryl methyl sites for hydroxylation is 1. The zero-order valence-electron chi connectivity index (χ0n) is 9.71. The van der Waals surface area contributed by atoms with Gasteiger partial charge < -0.3 is 10.6 Å². The zero-order valence-corrected chi connectivity index (χ0v) is 9.71. The molecule has 1 aliphatic heterocycles. The Bertz CT molecular complexity index is 523. The van der Waals surface area contributed by atoms with Crippen molar-refractivity contribution in [1.29, 1.82) is 0 Å². The lowest BCUT2D eigenvalue weighted by Gasteiger charge is -1.98. The summed E-state index contributed by atoms with van der Waals surface area (Å²) in [5.41, 5.74) is 2.17. The zero-order chi connectivity index (χ0) is 12.3. The third kappa shape index (κ3) is 2.67. The number of hydrogen-bond donors (Lipinski definition) is 2. The lowest BCUT2D eigenvalue weighted by molar-refractivity contribution is -0.119. The molecule has 1 aromatic carbocycles. The molecule has 1 heterocycles. The number of carbonyl (C=O) groups is 1. The molecular formula is C14H14N2O. The maximum Gasteiger partial charge on any atom is 0.260 e. The molecule has 1 fully saturated rings. The number of hydrogen-bond acceptors (Lipinski definition) is 2. The summed E-state index contributed by atoms with van der Waals surface area (Å²) in [4.78, 5) is 11.4. The van der Waals surface area contributed by atoms with Gasteiger partial charge in [0.25, 0.3) is 5.91 Å². The van der Waals surface area contributed by atoms with E-state index >= 15 is 0 Å². The second-order valence-corrected chi connectivity index (χ2v) is 3.87. The molecule has 2 rings (SSSR count). The highest BCUT2D eigenvalue weighted by Gasteiger charge is 2.23. The second-order valence-electron chi connectivity index (χ2n) is 3.87. The van der Waals surface area contributed by atoms with Crippen LogP contribution in [0.5, 0.6) is 0 Å². The molecule has 1 atom stereocenters. The molecule has 1 aliphatic rings. The summed E-state index contributed by atoms with van der Waals surface area (Å²) in [6.45, 7) is 5.73. The predicted octanol–water partition coefficient (Wildman–Crippen LogP) is 1.16. The molecule has 0 saturated carbocycles.